The van der Waals surface area contributed by atoms with Gasteiger partial charge in [-0.15, -0.1) is 0 Å². The van der Waals surface area contributed by atoms with Gasteiger partial charge in [0.25, 0.3) is 0 Å². The minimum atomic E-state index is -0.598. The number of nitrogens with one attached hydrogen (secondary N) is 2. The number of anilines is 1. The van der Waals surface area contributed by atoms with Crippen molar-refractivity contribution in [1.29, 1.82) is 0 Å². The van der Waals surface area contributed by atoms with Crippen molar-refractivity contribution in [1.82, 2.24) is 9.97 Å². The molecule has 0 aliphatic heterocycles. The summed E-state index contributed by atoms with van der Waals surface area (Å²) in [5.41, 5.74) is 1.47. The van der Waals surface area contributed by atoms with Gasteiger partial charge in [0.05, 0.1) is 23.2 Å². The fraction of sp³-hybridized carbons (Fsp3) is 0.0667. The molecule has 1 aromatic heterocycles. The molecule has 118 valence electrons. The van der Waals surface area contributed by atoms with Gasteiger partial charge in [0.15, 0.2) is 0 Å². The predicted molar refractivity (Wildman–Crippen MR) is 87.7 cm³/mol. The molecule has 1 heterocycles. The van der Waals surface area contributed by atoms with Gasteiger partial charge in [-0.1, -0.05) is 23.4 Å². The summed E-state index contributed by atoms with van der Waals surface area (Å²) in [6, 6.07) is 10.2. The molecule has 0 unspecified atom stereocenters. The highest BCUT2D eigenvalue weighted by molar-refractivity contribution is 7.99. The third-order valence-electron chi connectivity index (χ3n) is 2.99. The molecule has 3 rings (SSSR count). The summed E-state index contributed by atoms with van der Waals surface area (Å²) in [6.07, 6.45) is -0.598. The molecule has 0 atom stereocenters. The molecule has 0 aliphatic carbocycles. The summed E-state index contributed by atoms with van der Waals surface area (Å²) >= 11 is 7.22. The van der Waals surface area contributed by atoms with E-state index in [1.807, 2.05) is 18.2 Å². The second kappa shape index (κ2) is 6.47. The van der Waals surface area contributed by atoms with Crippen LogP contribution in [0.4, 0.5) is 15.1 Å². The zero-order valence-corrected chi connectivity index (χ0v) is 13.5. The summed E-state index contributed by atoms with van der Waals surface area (Å²) in [4.78, 5) is 20.2. The Morgan fingerprint density at radius 1 is 1.30 bits per heavy atom. The number of fused-ring (bicyclic) bond motifs is 1. The van der Waals surface area contributed by atoms with Crippen LogP contribution in [0.5, 0.6) is 0 Å². The molecule has 0 radical (unpaired) electrons. The van der Waals surface area contributed by atoms with Crippen molar-refractivity contribution in [2.24, 2.45) is 0 Å². The van der Waals surface area contributed by atoms with Gasteiger partial charge in [-0.05, 0) is 36.4 Å². The van der Waals surface area contributed by atoms with Gasteiger partial charge in [0.2, 0.25) is 5.95 Å². The maximum Gasteiger partial charge on any atom is 0.413 e. The first kappa shape index (κ1) is 15.6. The normalized spacial score (nSPS) is 10.7. The number of hydrogen-bond donors (Lipinski definition) is 2. The molecular weight excluding hydrogens is 341 g/mol. The van der Waals surface area contributed by atoms with E-state index in [0.717, 1.165) is 15.3 Å². The number of amides is 1. The number of aromatic amines is 1. The second-order valence-electron chi connectivity index (χ2n) is 4.56. The topological polar surface area (TPSA) is 67.0 Å². The van der Waals surface area contributed by atoms with Crippen molar-refractivity contribution < 1.29 is 13.9 Å². The molecule has 0 aliphatic rings. The third-order valence-corrected chi connectivity index (χ3v) is 4.26. The Morgan fingerprint density at radius 3 is 2.78 bits per heavy atom. The van der Waals surface area contributed by atoms with Crippen molar-refractivity contribution in [3.8, 4) is 0 Å². The molecule has 2 aromatic carbocycles. The van der Waals surface area contributed by atoms with Crippen LogP contribution in [-0.4, -0.2) is 23.2 Å². The molecule has 0 bridgehead atoms. The molecule has 0 fully saturated rings. The third kappa shape index (κ3) is 3.57. The first-order chi connectivity index (χ1) is 11.0. The van der Waals surface area contributed by atoms with Crippen LogP contribution < -0.4 is 5.32 Å². The number of benzene rings is 2. The van der Waals surface area contributed by atoms with Crippen molar-refractivity contribution in [3.05, 3.63) is 47.2 Å². The van der Waals surface area contributed by atoms with Crippen LogP contribution in [0.2, 0.25) is 5.02 Å². The predicted octanol–water partition coefficient (Wildman–Crippen LogP) is 4.68. The Hall–Kier alpha value is -2.25. The number of halogens is 2. The van der Waals surface area contributed by atoms with E-state index < -0.39 is 11.9 Å². The van der Waals surface area contributed by atoms with Gasteiger partial charge in [0, 0.05) is 9.79 Å². The van der Waals surface area contributed by atoms with Crippen molar-refractivity contribution >= 4 is 46.4 Å². The second-order valence-corrected chi connectivity index (χ2v) is 6.11. The lowest BCUT2D eigenvalue weighted by Crippen LogP contribution is -2.11. The first-order valence-corrected chi connectivity index (χ1v) is 7.72. The largest absolute Gasteiger partial charge is 0.453 e. The zero-order valence-electron chi connectivity index (χ0n) is 11.9. The maximum absolute atomic E-state index is 13.2. The molecule has 2 N–H and O–H groups in total. The maximum atomic E-state index is 13.2. The van der Waals surface area contributed by atoms with E-state index in [4.69, 9.17) is 11.6 Å². The van der Waals surface area contributed by atoms with Crippen LogP contribution >= 0.6 is 23.4 Å². The summed E-state index contributed by atoms with van der Waals surface area (Å²) in [7, 11) is 1.28. The van der Waals surface area contributed by atoms with E-state index in [1.165, 1.54) is 24.9 Å². The summed E-state index contributed by atoms with van der Waals surface area (Å²) in [6.45, 7) is 0. The summed E-state index contributed by atoms with van der Waals surface area (Å²) < 4.78 is 17.7. The van der Waals surface area contributed by atoms with Crippen LogP contribution in [0.3, 0.4) is 0 Å². The smallest absolute Gasteiger partial charge is 0.413 e. The molecule has 8 heteroatoms. The van der Waals surface area contributed by atoms with Crippen LogP contribution in [0.1, 0.15) is 0 Å². The summed E-state index contributed by atoms with van der Waals surface area (Å²) in [5.74, 6) is -0.142. The average Bonchev–Trinajstić information content (AvgIpc) is 2.92. The first-order valence-electron chi connectivity index (χ1n) is 6.53. The van der Waals surface area contributed by atoms with Crippen molar-refractivity contribution in [2.75, 3.05) is 12.4 Å². The number of H-pyrrole nitrogens is 1. The lowest BCUT2D eigenvalue weighted by Gasteiger charge is -2.02. The monoisotopic (exact) mass is 351 g/mol. The highest BCUT2D eigenvalue weighted by Gasteiger charge is 2.08. The van der Waals surface area contributed by atoms with Crippen molar-refractivity contribution in [2.45, 2.75) is 9.79 Å². The van der Waals surface area contributed by atoms with Crippen LogP contribution in [0.25, 0.3) is 11.0 Å². The SMILES string of the molecule is COC(=O)Nc1nc2cc(Sc3ccc(F)c(Cl)c3)ccc2[nH]1. The van der Waals surface area contributed by atoms with E-state index in [0.29, 0.717) is 11.5 Å². The Bertz CT molecular complexity index is 884. The van der Waals surface area contributed by atoms with E-state index in [2.05, 4.69) is 20.0 Å². The van der Waals surface area contributed by atoms with Gasteiger partial charge in [-0.2, -0.15) is 0 Å². The van der Waals surface area contributed by atoms with E-state index in [9.17, 15) is 9.18 Å². The highest BCUT2D eigenvalue weighted by Crippen LogP contribution is 2.32. The molecule has 0 saturated heterocycles. The van der Waals surface area contributed by atoms with Gasteiger partial charge in [-0.3, -0.25) is 5.32 Å². The number of imidazole rings is 1. The standard InChI is InChI=1S/C15H11ClFN3O2S/c1-22-15(21)20-14-18-12-5-3-9(7-13(12)19-14)23-8-2-4-11(17)10(16)6-8/h2-7H,1H3,(H2,18,19,20,21). The fourth-order valence-corrected chi connectivity index (χ4v) is 3.07. The molecule has 5 nitrogen and oxygen atoms in total. The molecule has 0 saturated carbocycles. The highest BCUT2D eigenvalue weighted by atomic mass is 35.5. The Morgan fingerprint density at radius 2 is 2.04 bits per heavy atom. The number of carbonyl (C=O) groups excluding carboxylic acids is 1. The van der Waals surface area contributed by atoms with Crippen LogP contribution in [0, 0.1) is 5.82 Å². The van der Waals surface area contributed by atoms with Crippen LogP contribution in [-0.2, 0) is 4.74 Å². The van der Waals surface area contributed by atoms with Crippen molar-refractivity contribution in [3.63, 3.8) is 0 Å². The molecule has 3 aromatic rings. The number of ether oxygens (including phenoxy) is 1. The number of aromatic nitrogens is 2. The lowest BCUT2D eigenvalue weighted by molar-refractivity contribution is 0.186. The Kier molecular flexibility index (Phi) is 4.40. The van der Waals surface area contributed by atoms with E-state index >= 15 is 0 Å². The van der Waals surface area contributed by atoms with E-state index in [1.54, 1.807) is 12.1 Å². The number of carbonyl (C=O) groups is 1. The summed E-state index contributed by atoms with van der Waals surface area (Å²) in [5, 5.41) is 2.55. The quantitative estimate of drug-likeness (QED) is 0.718. The number of rotatable bonds is 3. The number of methoxy groups -OCH3 is 1. The number of hydrogen-bond acceptors (Lipinski definition) is 4. The van der Waals surface area contributed by atoms with E-state index in [-0.39, 0.29) is 5.02 Å². The average molecular weight is 352 g/mol. The lowest BCUT2D eigenvalue weighted by atomic mass is 10.3. The zero-order chi connectivity index (χ0) is 16.4. The molecular formula is C15H11ClFN3O2S. The molecule has 0 spiro atoms. The Balaban J connectivity index is 1.84. The number of nitrogens with zero attached hydrogens (tertiary/aromatic N) is 1. The minimum absolute atomic E-state index is 0.0837. The minimum Gasteiger partial charge on any atom is -0.453 e. The molecule has 1 amide bonds. The van der Waals surface area contributed by atoms with Gasteiger partial charge >= 0.3 is 6.09 Å². The van der Waals surface area contributed by atoms with Gasteiger partial charge in [0.1, 0.15) is 5.82 Å². The van der Waals surface area contributed by atoms with Gasteiger partial charge in [-0.25, -0.2) is 14.2 Å². The Labute approximate surface area is 140 Å². The van der Waals surface area contributed by atoms with Crippen LogP contribution in [0.15, 0.2) is 46.2 Å². The molecule has 23 heavy (non-hydrogen) atoms. The fourth-order valence-electron chi connectivity index (χ4n) is 1.93. The van der Waals surface area contributed by atoms with Gasteiger partial charge < -0.3 is 9.72 Å².